The lowest BCUT2D eigenvalue weighted by Crippen LogP contribution is -2.28. The van der Waals surface area contributed by atoms with Crippen LogP contribution in [0.15, 0.2) is 0 Å². The van der Waals surface area contributed by atoms with E-state index in [0.717, 1.165) is 5.92 Å². The Balaban J connectivity index is 2.18. The van der Waals surface area contributed by atoms with Gasteiger partial charge in [-0.15, -0.1) is 0 Å². The second kappa shape index (κ2) is 3.21. The first kappa shape index (κ1) is 7.07. The number of rotatable bonds is 1. The molecule has 0 bridgehead atoms. The zero-order valence-electron chi connectivity index (χ0n) is 6.27. The monoisotopic (exact) mass is 126 g/mol. The summed E-state index contributed by atoms with van der Waals surface area (Å²) < 4.78 is 0. The smallest absolute Gasteiger partial charge is 0.0301 e. The van der Waals surface area contributed by atoms with E-state index in [9.17, 15) is 0 Å². The van der Waals surface area contributed by atoms with E-state index in [-0.39, 0.29) is 0 Å². The van der Waals surface area contributed by atoms with E-state index in [1.807, 2.05) is 0 Å². The molecule has 0 atom stereocenters. The molecule has 0 unspecified atom stereocenters. The molecule has 0 aromatic rings. The molecular formula is C8H16N-. The maximum absolute atomic E-state index is 3.90. The lowest BCUT2D eigenvalue weighted by atomic mass is 9.95. The molecule has 0 radical (unpaired) electrons. The molecule has 1 heterocycles. The second-order valence-electron chi connectivity index (χ2n) is 2.97. The number of likely N-dealkylation sites (tertiary alicyclic amines) is 1. The second-order valence-corrected chi connectivity index (χ2v) is 2.97. The van der Waals surface area contributed by atoms with E-state index >= 15 is 0 Å². The minimum Gasteiger partial charge on any atom is -0.459 e. The highest BCUT2D eigenvalue weighted by atomic mass is 15.1. The van der Waals surface area contributed by atoms with Gasteiger partial charge in [0.05, 0.1) is 0 Å². The molecule has 1 saturated heterocycles. The molecule has 0 spiro atoms. The summed E-state index contributed by atoms with van der Waals surface area (Å²) >= 11 is 0. The van der Waals surface area contributed by atoms with Gasteiger partial charge in [-0.1, -0.05) is 13.3 Å². The van der Waals surface area contributed by atoms with Gasteiger partial charge in [0.2, 0.25) is 0 Å². The lowest BCUT2D eigenvalue weighted by molar-refractivity contribution is 0.236. The number of hydrogen-bond acceptors (Lipinski definition) is 1. The van der Waals surface area contributed by atoms with E-state index in [2.05, 4.69) is 18.9 Å². The summed E-state index contributed by atoms with van der Waals surface area (Å²) in [6.45, 7) is 4.69. The summed E-state index contributed by atoms with van der Waals surface area (Å²) in [5.74, 6) is 0.989. The van der Waals surface area contributed by atoms with Crippen molar-refractivity contribution in [1.29, 1.82) is 0 Å². The molecule has 1 heteroatoms. The summed E-state index contributed by atoms with van der Waals surface area (Å²) in [7, 11) is 3.90. The first-order valence-corrected chi connectivity index (χ1v) is 3.88. The summed E-state index contributed by atoms with van der Waals surface area (Å²) in [4.78, 5) is 2.17. The minimum atomic E-state index is 0.989. The Morgan fingerprint density at radius 3 is 2.44 bits per heavy atom. The maximum Gasteiger partial charge on any atom is -0.0301 e. The summed E-state index contributed by atoms with van der Waals surface area (Å²) in [5, 5.41) is 0. The third-order valence-electron chi connectivity index (χ3n) is 2.28. The van der Waals surface area contributed by atoms with Gasteiger partial charge in [0, 0.05) is 0 Å². The van der Waals surface area contributed by atoms with Gasteiger partial charge in [-0.25, -0.2) is 0 Å². The molecule has 0 amide bonds. The van der Waals surface area contributed by atoms with Crippen molar-refractivity contribution in [3.05, 3.63) is 7.05 Å². The topological polar surface area (TPSA) is 3.24 Å². The fourth-order valence-electron chi connectivity index (χ4n) is 1.39. The molecular weight excluding hydrogens is 110 g/mol. The first-order chi connectivity index (χ1) is 4.33. The van der Waals surface area contributed by atoms with E-state index in [1.165, 1.54) is 32.4 Å². The Labute approximate surface area is 58.0 Å². The van der Waals surface area contributed by atoms with Crippen molar-refractivity contribution in [2.45, 2.75) is 26.2 Å². The Morgan fingerprint density at radius 1 is 1.44 bits per heavy atom. The molecule has 0 saturated carbocycles. The third-order valence-corrected chi connectivity index (χ3v) is 2.28. The molecule has 0 aromatic heterocycles. The normalized spacial score (nSPS) is 24.7. The molecule has 1 nitrogen and oxygen atoms in total. The van der Waals surface area contributed by atoms with Crippen LogP contribution in [0.2, 0.25) is 0 Å². The van der Waals surface area contributed by atoms with Gasteiger partial charge < -0.3 is 4.90 Å². The fraction of sp³-hybridized carbons (Fsp3) is 0.875. The first-order valence-electron chi connectivity index (χ1n) is 3.88. The van der Waals surface area contributed by atoms with Gasteiger partial charge in [-0.2, -0.15) is 0 Å². The Bertz CT molecular complexity index is 72.6. The van der Waals surface area contributed by atoms with Crippen LogP contribution in [0.4, 0.5) is 0 Å². The van der Waals surface area contributed by atoms with Gasteiger partial charge in [0.1, 0.15) is 0 Å². The van der Waals surface area contributed by atoms with Crippen LogP contribution in [0.25, 0.3) is 0 Å². The van der Waals surface area contributed by atoms with E-state index in [4.69, 9.17) is 0 Å². The molecule has 1 aliphatic heterocycles. The Morgan fingerprint density at radius 2 is 2.00 bits per heavy atom. The van der Waals surface area contributed by atoms with Crippen LogP contribution in [0, 0.1) is 13.0 Å². The molecule has 9 heavy (non-hydrogen) atoms. The predicted molar refractivity (Wildman–Crippen MR) is 39.9 cm³/mol. The molecule has 1 fully saturated rings. The van der Waals surface area contributed by atoms with E-state index in [0.29, 0.717) is 0 Å². The molecule has 54 valence electrons. The van der Waals surface area contributed by atoms with Crippen LogP contribution in [-0.2, 0) is 0 Å². The number of nitrogens with zero attached hydrogens (tertiary/aromatic N) is 1. The van der Waals surface area contributed by atoms with Crippen molar-refractivity contribution >= 4 is 0 Å². The highest BCUT2D eigenvalue weighted by Crippen LogP contribution is 2.18. The Kier molecular flexibility index (Phi) is 2.52. The average molecular weight is 126 g/mol. The highest BCUT2D eigenvalue weighted by molar-refractivity contribution is 4.69. The van der Waals surface area contributed by atoms with Crippen molar-refractivity contribution < 1.29 is 0 Å². The quantitative estimate of drug-likeness (QED) is 0.485. The zero-order chi connectivity index (χ0) is 6.69. The summed E-state index contributed by atoms with van der Waals surface area (Å²) in [6.07, 6.45) is 4.08. The van der Waals surface area contributed by atoms with E-state index < -0.39 is 0 Å². The van der Waals surface area contributed by atoms with Gasteiger partial charge in [0.15, 0.2) is 0 Å². The third kappa shape index (κ3) is 1.98. The van der Waals surface area contributed by atoms with Crippen LogP contribution >= 0.6 is 0 Å². The van der Waals surface area contributed by atoms with E-state index in [1.54, 1.807) is 0 Å². The minimum absolute atomic E-state index is 0.989. The van der Waals surface area contributed by atoms with Crippen LogP contribution in [-0.4, -0.2) is 18.0 Å². The Hall–Kier alpha value is -0.0400. The highest BCUT2D eigenvalue weighted by Gasteiger charge is 2.10. The summed E-state index contributed by atoms with van der Waals surface area (Å²) in [5.41, 5.74) is 0. The molecule has 0 aliphatic carbocycles. The number of hydrogen-bond donors (Lipinski definition) is 0. The average Bonchev–Trinajstić information content (AvgIpc) is 1.90. The lowest BCUT2D eigenvalue weighted by Gasteiger charge is -2.33. The predicted octanol–water partition coefficient (Wildman–Crippen LogP) is 1.90. The van der Waals surface area contributed by atoms with Crippen LogP contribution in [0.3, 0.4) is 0 Å². The maximum atomic E-state index is 3.90. The van der Waals surface area contributed by atoms with Gasteiger partial charge in [-0.05, 0) is 31.8 Å². The zero-order valence-corrected chi connectivity index (χ0v) is 6.27. The largest absolute Gasteiger partial charge is 0.459 e. The van der Waals surface area contributed by atoms with Crippen molar-refractivity contribution in [2.24, 2.45) is 5.92 Å². The fourth-order valence-corrected chi connectivity index (χ4v) is 1.39. The molecule has 0 aromatic carbocycles. The van der Waals surface area contributed by atoms with Crippen LogP contribution < -0.4 is 0 Å². The van der Waals surface area contributed by atoms with Gasteiger partial charge in [-0.3, -0.25) is 7.05 Å². The van der Waals surface area contributed by atoms with Crippen LogP contribution in [0.5, 0.6) is 0 Å². The van der Waals surface area contributed by atoms with Crippen LogP contribution in [0.1, 0.15) is 26.2 Å². The van der Waals surface area contributed by atoms with Gasteiger partial charge >= 0.3 is 0 Å². The summed E-state index contributed by atoms with van der Waals surface area (Å²) in [6, 6.07) is 0. The van der Waals surface area contributed by atoms with Crippen molar-refractivity contribution in [2.75, 3.05) is 13.1 Å². The van der Waals surface area contributed by atoms with Crippen molar-refractivity contribution in [3.63, 3.8) is 0 Å². The SMILES string of the molecule is [CH2-]N1CCC(CC)CC1. The standard InChI is InChI=1S/C8H16N/c1-3-8-4-6-9(2)7-5-8/h8H,2-7H2,1H3/q-1. The van der Waals surface area contributed by atoms with Gasteiger partial charge in [0.25, 0.3) is 0 Å². The van der Waals surface area contributed by atoms with Crippen molar-refractivity contribution in [3.8, 4) is 0 Å². The molecule has 0 N–H and O–H groups in total. The number of piperidine rings is 1. The molecule has 1 rings (SSSR count). The van der Waals surface area contributed by atoms with Crippen molar-refractivity contribution in [1.82, 2.24) is 4.90 Å². The molecule has 1 aliphatic rings.